The lowest BCUT2D eigenvalue weighted by molar-refractivity contribution is 0.483. The van der Waals surface area contributed by atoms with Gasteiger partial charge in [-0.15, -0.1) is 10.2 Å². The summed E-state index contributed by atoms with van der Waals surface area (Å²) in [5, 5.41) is 25.2. The molecule has 2 aromatic rings. The Labute approximate surface area is 243 Å². The standard InChI is InChI=1S/C23H26N6O9S4/c1-5-39(30,31)12-10-25-22-18(15-24)16(4)21(23(27-22)26-11-13-40(32,33)6-2)29-28-19-9-8-17(41(34,35)7-3)14-20(19)42(36,37)38/h5-9,14H,1-3,10-13H2,4H3,(H2,25,26,27)(H,36,37,38). The van der Waals surface area contributed by atoms with E-state index in [1.807, 2.05) is 6.07 Å². The Morgan fingerprint density at radius 1 is 0.905 bits per heavy atom. The topological polar surface area (TPSA) is 242 Å². The van der Waals surface area contributed by atoms with Crippen LogP contribution in [-0.2, 0) is 39.6 Å². The van der Waals surface area contributed by atoms with Crippen LogP contribution in [0.15, 0.2) is 74.2 Å². The largest absolute Gasteiger partial charge is 0.368 e. The fourth-order valence-corrected chi connectivity index (χ4v) is 5.72. The number of benzene rings is 1. The summed E-state index contributed by atoms with van der Waals surface area (Å²) >= 11 is 0. The lowest BCUT2D eigenvalue weighted by Crippen LogP contribution is -2.17. The van der Waals surface area contributed by atoms with Crippen molar-refractivity contribution in [1.82, 2.24) is 4.98 Å². The molecule has 0 spiro atoms. The zero-order valence-corrected chi connectivity index (χ0v) is 25.3. The van der Waals surface area contributed by atoms with Crippen LogP contribution < -0.4 is 10.6 Å². The molecule has 0 aliphatic heterocycles. The molecule has 0 aliphatic carbocycles. The third-order valence-corrected chi connectivity index (χ3v) is 10.2. The van der Waals surface area contributed by atoms with Gasteiger partial charge in [0.2, 0.25) is 0 Å². The van der Waals surface area contributed by atoms with Gasteiger partial charge in [-0.05, 0) is 25.1 Å². The molecule has 2 rings (SSSR count). The lowest BCUT2D eigenvalue weighted by atomic mass is 10.1. The smallest absolute Gasteiger partial charge is 0.296 e. The van der Waals surface area contributed by atoms with E-state index in [0.29, 0.717) is 11.5 Å². The molecule has 0 aliphatic rings. The van der Waals surface area contributed by atoms with Crippen LogP contribution in [0.25, 0.3) is 0 Å². The number of hydrogen-bond donors (Lipinski definition) is 3. The van der Waals surface area contributed by atoms with Gasteiger partial charge in [0.25, 0.3) is 10.1 Å². The minimum Gasteiger partial charge on any atom is -0.368 e. The fourth-order valence-electron chi connectivity index (χ4n) is 3.16. The molecular weight excluding hydrogens is 633 g/mol. The molecule has 15 nitrogen and oxygen atoms in total. The third kappa shape index (κ3) is 8.77. The van der Waals surface area contributed by atoms with Gasteiger partial charge in [-0.25, -0.2) is 30.2 Å². The Balaban J connectivity index is 2.69. The van der Waals surface area contributed by atoms with E-state index in [1.165, 1.54) is 6.92 Å². The molecule has 0 saturated heterocycles. The average Bonchev–Trinajstić information content (AvgIpc) is 2.92. The fraction of sp³-hybridized carbons (Fsp3) is 0.217. The summed E-state index contributed by atoms with van der Waals surface area (Å²) in [5.41, 5.74) is -0.586. The number of nitrogens with one attached hydrogen (secondary N) is 2. The summed E-state index contributed by atoms with van der Waals surface area (Å²) in [6.45, 7) is 10.6. The molecular formula is C23H26N6O9S4. The quantitative estimate of drug-likeness (QED) is 0.184. The van der Waals surface area contributed by atoms with Crippen LogP contribution >= 0.6 is 0 Å². The number of pyridine rings is 1. The highest BCUT2D eigenvalue weighted by molar-refractivity contribution is 7.94. The van der Waals surface area contributed by atoms with Crippen LogP contribution in [0.2, 0.25) is 0 Å². The molecule has 226 valence electrons. The molecule has 0 radical (unpaired) electrons. The first-order valence-electron chi connectivity index (χ1n) is 11.4. The van der Waals surface area contributed by atoms with E-state index < -0.39 is 60.9 Å². The first-order valence-corrected chi connectivity index (χ1v) is 17.9. The second-order valence-electron chi connectivity index (χ2n) is 8.21. The number of sulfone groups is 3. The molecule has 0 atom stereocenters. The monoisotopic (exact) mass is 658 g/mol. The molecule has 1 aromatic heterocycles. The molecule has 0 bridgehead atoms. The molecule has 1 heterocycles. The number of nitriles is 1. The number of nitrogens with zero attached hydrogens (tertiary/aromatic N) is 4. The molecule has 3 N–H and O–H groups in total. The van der Waals surface area contributed by atoms with Crippen LogP contribution in [0.1, 0.15) is 11.1 Å². The van der Waals surface area contributed by atoms with E-state index in [2.05, 4.69) is 45.6 Å². The summed E-state index contributed by atoms with van der Waals surface area (Å²) in [7, 11) is -16.3. The number of aromatic nitrogens is 1. The number of hydrogen-bond acceptors (Lipinski definition) is 14. The molecule has 0 unspecified atom stereocenters. The van der Waals surface area contributed by atoms with Crippen molar-refractivity contribution in [3.63, 3.8) is 0 Å². The number of azo groups is 1. The molecule has 1 aromatic carbocycles. The average molecular weight is 659 g/mol. The van der Waals surface area contributed by atoms with Crippen molar-refractivity contribution in [3.05, 3.63) is 65.3 Å². The number of anilines is 2. The minimum absolute atomic E-state index is 0.0695. The van der Waals surface area contributed by atoms with Gasteiger partial charge in [0.05, 0.1) is 22.0 Å². The molecule has 0 saturated carbocycles. The van der Waals surface area contributed by atoms with Gasteiger partial charge in [-0.1, -0.05) is 19.7 Å². The zero-order chi connectivity index (χ0) is 31.9. The SMILES string of the molecule is C=CS(=O)(=O)CCNc1nc(NCCS(=O)(=O)C=C)c(N=Nc2ccc(S(=O)(=O)C=C)cc2S(=O)(=O)O)c(C)c1C#N. The summed E-state index contributed by atoms with van der Waals surface area (Å²) in [5.74, 6) is -0.983. The Morgan fingerprint density at radius 2 is 1.45 bits per heavy atom. The number of rotatable bonds is 15. The van der Waals surface area contributed by atoms with Crippen molar-refractivity contribution < 1.29 is 38.2 Å². The van der Waals surface area contributed by atoms with E-state index >= 15 is 0 Å². The second-order valence-corrected chi connectivity index (χ2v) is 15.6. The van der Waals surface area contributed by atoms with Crippen LogP contribution in [-0.4, -0.2) is 67.8 Å². The predicted molar refractivity (Wildman–Crippen MR) is 156 cm³/mol. The van der Waals surface area contributed by atoms with Crippen LogP contribution in [0, 0.1) is 18.3 Å². The van der Waals surface area contributed by atoms with Crippen molar-refractivity contribution in [3.8, 4) is 6.07 Å². The third-order valence-electron chi connectivity index (χ3n) is 5.41. The minimum atomic E-state index is -5.01. The molecule has 0 amide bonds. The van der Waals surface area contributed by atoms with Gasteiger partial charge in [-0.3, -0.25) is 4.55 Å². The van der Waals surface area contributed by atoms with Crippen molar-refractivity contribution >= 4 is 62.6 Å². The van der Waals surface area contributed by atoms with Gasteiger partial charge in [0, 0.05) is 34.9 Å². The summed E-state index contributed by atoms with van der Waals surface area (Å²) in [6, 6.07) is 4.54. The summed E-state index contributed by atoms with van der Waals surface area (Å²) in [6.07, 6.45) is 0. The van der Waals surface area contributed by atoms with Crippen LogP contribution in [0.4, 0.5) is 23.0 Å². The maximum Gasteiger partial charge on any atom is 0.296 e. The van der Waals surface area contributed by atoms with Crippen molar-refractivity contribution in [2.45, 2.75) is 16.7 Å². The Kier molecular flexibility index (Phi) is 10.9. The van der Waals surface area contributed by atoms with Crippen molar-refractivity contribution in [2.75, 3.05) is 35.2 Å². The summed E-state index contributed by atoms with van der Waals surface area (Å²) in [4.78, 5) is 2.85. The maximum atomic E-state index is 12.1. The first-order chi connectivity index (χ1) is 19.4. The highest BCUT2D eigenvalue weighted by Crippen LogP contribution is 2.36. The zero-order valence-electron chi connectivity index (χ0n) is 22.0. The van der Waals surface area contributed by atoms with Crippen LogP contribution in [0.3, 0.4) is 0 Å². The van der Waals surface area contributed by atoms with Crippen molar-refractivity contribution in [2.24, 2.45) is 10.2 Å². The van der Waals surface area contributed by atoms with Gasteiger partial charge in [0.1, 0.15) is 28.2 Å². The highest BCUT2D eigenvalue weighted by atomic mass is 32.2. The normalized spacial score (nSPS) is 12.4. The summed E-state index contributed by atoms with van der Waals surface area (Å²) < 4.78 is 105. The second kappa shape index (κ2) is 13.3. The van der Waals surface area contributed by atoms with E-state index in [-0.39, 0.29) is 47.3 Å². The van der Waals surface area contributed by atoms with Gasteiger partial charge >= 0.3 is 0 Å². The lowest BCUT2D eigenvalue weighted by Gasteiger charge is -2.15. The molecule has 42 heavy (non-hydrogen) atoms. The van der Waals surface area contributed by atoms with E-state index in [4.69, 9.17) is 0 Å². The molecule has 0 fully saturated rings. The highest BCUT2D eigenvalue weighted by Gasteiger charge is 2.22. The van der Waals surface area contributed by atoms with Gasteiger partial charge in [0.15, 0.2) is 35.3 Å². The Morgan fingerprint density at radius 3 is 1.93 bits per heavy atom. The Bertz CT molecular complexity index is 1930. The molecule has 19 heteroatoms. The van der Waals surface area contributed by atoms with E-state index in [1.54, 1.807) is 0 Å². The van der Waals surface area contributed by atoms with Gasteiger partial charge < -0.3 is 10.6 Å². The predicted octanol–water partition coefficient (Wildman–Crippen LogP) is 2.78. The van der Waals surface area contributed by atoms with Crippen molar-refractivity contribution in [1.29, 1.82) is 5.26 Å². The van der Waals surface area contributed by atoms with Gasteiger partial charge in [-0.2, -0.15) is 13.7 Å². The van der Waals surface area contributed by atoms with E-state index in [9.17, 15) is 43.5 Å². The maximum absolute atomic E-state index is 12.1. The first kappa shape index (κ1) is 34.2. The Hall–Kier alpha value is -3.96. The van der Waals surface area contributed by atoms with Crippen LogP contribution in [0.5, 0.6) is 0 Å². The van der Waals surface area contributed by atoms with E-state index in [0.717, 1.165) is 22.9 Å².